The second-order valence-electron chi connectivity index (χ2n) is 7.41. The van der Waals surface area contributed by atoms with Crippen molar-refractivity contribution in [3.8, 4) is 11.5 Å². The highest BCUT2D eigenvalue weighted by Crippen LogP contribution is 2.33. The van der Waals surface area contributed by atoms with Crippen LogP contribution in [-0.2, 0) is 15.1 Å². The molecule has 1 heterocycles. The molecule has 3 aromatic rings. The molecular weight excluding hydrogens is 474 g/mol. The monoisotopic (exact) mass is 493 g/mol. The number of para-hydroxylation sites is 1. The zero-order valence-electron chi connectivity index (χ0n) is 17.2. The van der Waals surface area contributed by atoms with Crippen LogP contribution in [0.3, 0.4) is 0 Å². The number of hydrogen-bond donors (Lipinski definition) is 2. The molecule has 0 spiro atoms. The Kier molecular flexibility index (Phi) is 5.96. The summed E-state index contributed by atoms with van der Waals surface area (Å²) in [6, 6.07) is 22.7. The molecule has 0 bridgehead atoms. The number of nitrogens with zero attached hydrogens (tertiary/aromatic N) is 1. The molecule has 4 rings (SSSR count). The van der Waals surface area contributed by atoms with Crippen LogP contribution in [0.5, 0.6) is 11.5 Å². The maximum atomic E-state index is 13.0. The van der Waals surface area contributed by atoms with E-state index in [0.29, 0.717) is 27.2 Å². The van der Waals surface area contributed by atoms with Gasteiger partial charge in [0.25, 0.3) is 5.91 Å². The van der Waals surface area contributed by atoms with Gasteiger partial charge in [-0.05, 0) is 49.4 Å². The summed E-state index contributed by atoms with van der Waals surface area (Å²) in [4.78, 5) is 38.9. The Balaban J connectivity index is 1.40. The number of nitrogens with one attached hydrogen (secondary N) is 2. The number of halogens is 1. The Bertz CT molecular complexity index is 1170. The fourth-order valence-electron chi connectivity index (χ4n) is 3.46. The van der Waals surface area contributed by atoms with E-state index in [0.717, 1.165) is 4.90 Å². The number of amides is 4. The average Bonchev–Trinajstić information content (AvgIpc) is 3.00. The van der Waals surface area contributed by atoms with Crippen LogP contribution in [0, 0.1) is 0 Å². The SMILES string of the molecule is CC1(c2ccccc2Br)NC(=O)N(CC(=O)Nc2ccc(Oc3ccccc3)cc2)C1=O. The molecule has 1 aliphatic heterocycles. The molecule has 4 amide bonds. The Morgan fingerprint density at radius 2 is 1.59 bits per heavy atom. The van der Waals surface area contributed by atoms with Gasteiger partial charge in [0.15, 0.2) is 0 Å². The van der Waals surface area contributed by atoms with E-state index >= 15 is 0 Å². The highest BCUT2D eigenvalue weighted by Gasteiger charge is 2.50. The minimum Gasteiger partial charge on any atom is -0.457 e. The summed E-state index contributed by atoms with van der Waals surface area (Å²) in [6.45, 7) is 1.23. The second kappa shape index (κ2) is 8.84. The molecule has 7 nitrogen and oxygen atoms in total. The molecule has 0 saturated carbocycles. The average molecular weight is 494 g/mol. The first-order valence-electron chi connectivity index (χ1n) is 9.89. The number of carbonyl (C=O) groups is 3. The largest absolute Gasteiger partial charge is 0.457 e. The number of benzene rings is 3. The van der Waals surface area contributed by atoms with Gasteiger partial charge in [0.1, 0.15) is 23.6 Å². The molecular formula is C24H20BrN3O4. The second-order valence-corrected chi connectivity index (χ2v) is 8.27. The normalized spacial score (nSPS) is 17.8. The lowest BCUT2D eigenvalue weighted by atomic mass is 9.92. The molecule has 32 heavy (non-hydrogen) atoms. The van der Waals surface area contributed by atoms with Crippen LogP contribution in [0.25, 0.3) is 0 Å². The van der Waals surface area contributed by atoms with Crippen molar-refractivity contribution in [2.24, 2.45) is 0 Å². The summed E-state index contributed by atoms with van der Waals surface area (Å²) in [5.74, 6) is 0.348. The van der Waals surface area contributed by atoms with Gasteiger partial charge in [-0.15, -0.1) is 0 Å². The summed E-state index contributed by atoms with van der Waals surface area (Å²) in [7, 11) is 0. The highest BCUT2D eigenvalue weighted by molar-refractivity contribution is 9.10. The molecule has 3 aromatic carbocycles. The fourth-order valence-corrected chi connectivity index (χ4v) is 4.15. The number of carbonyl (C=O) groups excluding carboxylic acids is 3. The standard InChI is InChI=1S/C24H20BrN3O4/c1-24(19-9-5-6-10-20(19)25)22(30)28(23(31)27-24)15-21(29)26-16-11-13-18(14-12-16)32-17-7-3-2-4-8-17/h2-14H,15H2,1H3,(H,26,29)(H,27,31). The van der Waals surface area contributed by atoms with Crippen molar-refractivity contribution in [1.82, 2.24) is 10.2 Å². The van der Waals surface area contributed by atoms with Gasteiger partial charge in [0.05, 0.1) is 0 Å². The molecule has 1 atom stereocenters. The van der Waals surface area contributed by atoms with Crippen LogP contribution in [0.2, 0.25) is 0 Å². The van der Waals surface area contributed by atoms with Crippen LogP contribution in [-0.4, -0.2) is 29.3 Å². The molecule has 8 heteroatoms. The maximum Gasteiger partial charge on any atom is 0.325 e. The van der Waals surface area contributed by atoms with E-state index in [1.54, 1.807) is 49.4 Å². The van der Waals surface area contributed by atoms with Gasteiger partial charge in [-0.3, -0.25) is 14.5 Å². The van der Waals surface area contributed by atoms with E-state index in [9.17, 15) is 14.4 Å². The first-order chi connectivity index (χ1) is 15.4. The van der Waals surface area contributed by atoms with Crippen molar-refractivity contribution in [3.63, 3.8) is 0 Å². The number of ether oxygens (including phenoxy) is 1. The van der Waals surface area contributed by atoms with E-state index < -0.39 is 29.9 Å². The van der Waals surface area contributed by atoms with Crippen molar-refractivity contribution in [2.75, 3.05) is 11.9 Å². The van der Waals surface area contributed by atoms with Crippen molar-refractivity contribution >= 4 is 39.5 Å². The van der Waals surface area contributed by atoms with Crippen molar-refractivity contribution < 1.29 is 19.1 Å². The predicted octanol–water partition coefficient (Wildman–Crippen LogP) is 4.65. The third-order valence-corrected chi connectivity index (χ3v) is 5.80. The van der Waals surface area contributed by atoms with E-state index in [1.807, 2.05) is 36.4 Å². The molecule has 0 radical (unpaired) electrons. The molecule has 1 unspecified atom stereocenters. The molecule has 0 aliphatic carbocycles. The maximum absolute atomic E-state index is 13.0. The zero-order valence-corrected chi connectivity index (χ0v) is 18.8. The Morgan fingerprint density at radius 1 is 0.969 bits per heavy atom. The lowest BCUT2D eigenvalue weighted by molar-refractivity contribution is -0.133. The van der Waals surface area contributed by atoms with Gasteiger partial charge in [-0.25, -0.2) is 4.79 Å². The van der Waals surface area contributed by atoms with E-state index in [-0.39, 0.29) is 0 Å². The van der Waals surface area contributed by atoms with Gasteiger partial charge in [-0.2, -0.15) is 0 Å². The van der Waals surface area contributed by atoms with Gasteiger partial charge in [0, 0.05) is 15.7 Å². The molecule has 2 N–H and O–H groups in total. The van der Waals surface area contributed by atoms with Crippen molar-refractivity contribution in [1.29, 1.82) is 0 Å². The summed E-state index contributed by atoms with van der Waals surface area (Å²) in [5, 5.41) is 5.40. The van der Waals surface area contributed by atoms with Gasteiger partial charge in [-0.1, -0.05) is 52.3 Å². The summed E-state index contributed by atoms with van der Waals surface area (Å²) < 4.78 is 6.42. The van der Waals surface area contributed by atoms with Crippen LogP contribution < -0.4 is 15.4 Å². The van der Waals surface area contributed by atoms with E-state index in [4.69, 9.17) is 4.74 Å². The quantitative estimate of drug-likeness (QED) is 0.489. The first kappa shape index (κ1) is 21.6. The van der Waals surface area contributed by atoms with Crippen molar-refractivity contribution in [3.05, 3.63) is 88.9 Å². The fraction of sp³-hybridized carbons (Fsp3) is 0.125. The van der Waals surface area contributed by atoms with Crippen molar-refractivity contribution in [2.45, 2.75) is 12.5 Å². The Labute approximate surface area is 193 Å². The summed E-state index contributed by atoms with van der Waals surface area (Å²) in [5.41, 5.74) is -0.111. The van der Waals surface area contributed by atoms with Crippen LogP contribution >= 0.6 is 15.9 Å². The van der Waals surface area contributed by atoms with E-state index in [1.165, 1.54) is 0 Å². The molecule has 0 aromatic heterocycles. The van der Waals surface area contributed by atoms with Crippen LogP contribution in [0.4, 0.5) is 10.5 Å². The smallest absolute Gasteiger partial charge is 0.325 e. The topological polar surface area (TPSA) is 87.7 Å². The molecule has 1 saturated heterocycles. The number of anilines is 1. The van der Waals surface area contributed by atoms with Gasteiger partial charge >= 0.3 is 6.03 Å². The first-order valence-corrected chi connectivity index (χ1v) is 10.7. The molecule has 1 aliphatic rings. The minimum absolute atomic E-state index is 0.396. The lowest BCUT2D eigenvalue weighted by Crippen LogP contribution is -2.42. The third kappa shape index (κ3) is 4.36. The molecule has 162 valence electrons. The Hall–Kier alpha value is -3.65. The molecule has 1 fully saturated rings. The summed E-state index contributed by atoms with van der Waals surface area (Å²) >= 11 is 3.42. The lowest BCUT2D eigenvalue weighted by Gasteiger charge is -2.23. The van der Waals surface area contributed by atoms with E-state index in [2.05, 4.69) is 26.6 Å². The highest BCUT2D eigenvalue weighted by atomic mass is 79.9. The van der Waals surface area contributed by atoms with Gasteiger partial charge in [0.2, 0.25) is 5.91 Å². The number of hydrogen-bond acceptors (Lipinski definition) is 4. The number of rotatable bonds is 6. The van der Waals surface area contributed by atoms with Crippen LogP contribution in [0.1, 0.15) is 12.5 Å². The van der Waals surface area contributed by atoms with Gasteiger partial charge < -0.3 is 15.4 Å². The number of imide groups is 1. The number of urea groups is 1. The third-order valence-electron chi connectivity index (χ3n) is 5.11. The van der Waals surface area contributed by atoms with Crippen LogP contribution in [0.15, 0.2) is 83.3 Å². The predicted molar refractivity (Wildman–Crippen MR) is 123 cm³/mol. The summed E-state index contributed by atoms with van der Waals surface area (Å²) in [6.07, 6.45) is 0. The Morgan fingerprint density at radius 3 is 2.28 bits per heavy atom. The minimum atomic E-state index is -1.26. The zero-order chi connectivity index (χ0) is 22.7.